The van der Waals surface area contributed by atoms with E-state index < -0.39 is 5.72 Å². The van der Waals surface area contributed by atoms with E-state index >= 15 is 0 Å². The van der Waals surface area contributed by atoms with Crippen LogP contribution in [0.5, 0.6) is 5.75 Å². The van der Waals surface area contributed by atoms with E-state index in [4.69, 9.17) is 4.74 Å². The molecule has 0 unspecified atom stereocenters. The number of halogens is 1. The zero-order chi connectivity index (χ0) is 19.7. The number of ether oxygens (including phenoxy) is 1. The van der Waals surface area contributed by atoms with E-state index in [9.17, 15) is 5.11 Å². The Hall–Kier alpha value is -1.85. The standard InChI is InChI=1S/C23H28BrN2O2/c1-3-28-21-14-8-18(9-15-21)23(27)17(2)25-16-6-4-5-7-22(25)26(23)20-12-10-19(24)11-13-20/h8-15,17,27H,3-7,16H2,1-2H3/q+1/t17-,23+/m0/s1. The lowest BCUT2D eigenvalue weighted by atomic mass is 9.93. The van der Waals surface area contributed by atoms with Crippen LogP contribution in [0.2, 0.25) is 0 Å². The van der Waals surface area contributed by atoms with Crippen molar-refractivity contribution in [1.82, 2.24) is 0 Å². The maximum Gasteiger partial charge on any atom is 0.278 e. The Morgan fingerprint density at radius 1 is 1.11 bits per heavy atom. The second-order valence-corrected chi connectivity index (χ2v) is 8.51. The smallest absolute Gasteiger partial charge is 0.278 e. The second-order valence-electron chi connectivity index (χ2n) is 7.59. The molecule has 148 valence electrons. The van der Waals surface area contributed by atoms with Gasteiger partial charge in [0.2, 0.25) is 0 Å². The van der Waals surface area contributed by atoms with E-state index in [1.807, 2.05) is 43.3 Å². The fourth-order valence-electron chi connectivity index (χ4n) is 4.54. The first-order chi connectivity index (χ1) is 13.6. The van der Waals surface area contributed by atoms with Crippen molar-refractivity contribution in [3.63, 3.8) is 0 Å². The summed E-state index contributed by atoms with van der Waals surface area (Å²) in [6, 6.07) is 16.1. The van der Waals surface area contributed by atoms with Crippen LogP contribution in [0.4, 0.5) is 5.69 Å². The molecule has 2 aromatic carbocycles. The lowest BCUT2D eigenvalue weighted by Gasteiger charge is -2.32. The summed E-state index contributed by atoms with van der Waals surface area (Å²) >= 11 is 3.53. The first-order valence-corrected chi connectivity index (χ1v) is 11.0. The van der Waals surface area contributed by atoms with E-state index in [1.54, 1.807) is 0 Å². The Morgan fingerprint density at radius 3 is 2.50 bits per heavy atom. The minimum atomic E-state index is -1.12. The van der Waals surface area contributed by atoms with Crippen molar-refractivity contribution in [2.24, 2.45) is 0 Å². The maximum atomic E-state index is 12.2. The summed E-state index contributed by atoms with van der Waals surface area (Å²) in [4.78, 5) is 2.16. The summed E-state index contributed by atoms with van der Waals surface area (Å²) in [6.45, 7) is 5.74. The topological polar surface area (TPSA) is 35.7 Å². The van der Waals surface area contributed by atoms with Gasteiger partial charge in [-0.3, -0.25) is 4.58 Å². The van der Waals surface area contributed by atoms with Crippen molar-refractivity contribution < 1.29 is 14.4 Å². The fourth-order valence-corrected chi connectivity index (χ4v) is 4.81. The highest BCUT2D eigenvalue weighted by atomic mass is 79.9. The summed E-state index contributed by atoms with van der Waals surface area (Å²) in [6.07, 6.45) is 4.55. The van der Waals surface area contributed by atoms with Crippen molar-refractivity contribution >= 4 is 27.5 Å². The van der Waals surface area contributed by atoms with Gasteiger partial charge in [0.1, 0.15) is 11.4 Å². The van der Waals surface area contributed by atoms with Gasteiger partial charge in [-0.05, 0) is 81.6 Å². The molecule has 0 radical (unpaired) electrons. The molecule has 0 saturated heterocycles. The van der Waals surface area contributed by atoms with Crippen LogP contribution < -0.4 is 9.64 Å². The molecular weight excluding hydrogens is 416 g/mol. The second kappa shape index (κ2) is 7.88. The zero-order valence-electron chi connectivity index (χ0n) is 16.6. The van der Waals surface area contributed by atoms with E-state index in [-0.39, 0.29) is 6.04 Å². The molecule has 2 aliphatic rings. The van der Waals surface area contributed by atoms with Crippen LogP contribution in [0.1, 0.15) is 45.1 Å². The van der Waals surface area contributed by atoms with Gasteiger partial charge in [-0.15, -0.1) is 0 Å². The molecule has 0 bridgehead atoms. The normalized spacial score (nSPS) is 24.9. The lowest BCUT2D eigenvalue weighted by molar-refractivity contribution is -0.571. The van der Waals surface area contributed by atoms with Crippen LogP contribution >= 0.6 is 15.9 Å². The molecule has 0 aliphatic carbocycles. The zero-order valence-corrected chi connectivity index (χ0v) is 18.2. The van der Waals surface area contributed by atoms with Crippen LogP contribution in [0.3, 0.4) is 0 Å². The minimum Gasteiger partial charge on any atom is -0.494 e. The van der Waals surface area contributed by atoms with Crippen LogP contribution in [0.15, 0.2) is 53.0 Å². The van der Waals surface area contributed by atoms with E-state index in [2.05, 4.69) is 44.5 Å². The summed E-state index contributed by atoms with van der Waals surface area (Å²) in [5.74, 6) is 2.06. The number of anilines is 1. The SMILES string of the molecule is CCOc1ccc([C@]2(O)[C@H](C)[N+]3=C(CCCCC3)N2c2ccc(Br)cc2)cc1. The quantitative estimate of drug-likeness (QED) is 0.683. The number of benzene rings is 2. The predicted octanol–water partition coefficient (Wildman–Crippen LogP) is 4.89. The third-order valence-electron chi connectivity index (χ3n) is 5.96. The van der Waals surface area contributed by atoms with Gasteiger partial charge in [0.25, 0.3) is 11.6 Å². The third kappa shape index (κ3) is 3.25. The van der Waals surface area contributed by atoms with Crippen LogP contribution in [-0.4, -0.2) is 34.7 Å². The Balaban J connectivity index is 1.82. The number of aliphatic hydroxyl groups is 1. The fraction of sp³-hybridized carbons (Fsp3) is 0.435. The van der Waals surface area contributed by atoms with Gasteiger partial charge >= 0.3 is 0 Å². The Morgan fingerprint density at radius 2 is 1.82 bits per heavy atom. The molecule has 1 N–H and O–H groups in total. The number of amidine groups is 1. The van der Waals surface area contributed by atoms with E-state index in [1.165, 1.54) is 18.7 Å². The molecule has 0 amide bonds. The molecule has 0 saturated carbocycles. The number of nitrogens with zero attached hydrogens (tertiary/aromatic N) is 2. The summed E-state index contributed by atoms with van der Waals surface area (Å²) in [5, 5.41) is 12.2. The average Bonchev–Trinajstić information content (AvgIpc) is 2.86. The number of hydrogen-bond donors (Lipinski definition) is 1. The Bertz CT molecular complexity index is 863. The molecule has 2 heterocycles. The highest BCUT2D eigenvalue weighted by Crippen LogP contribution is 2.42. The minimum absolute atomic E-state index is 0.0396. The first kappa shape index (κ1) is 19.5. The summed E-state index contributed by atoms with van der Waals surface area (Å²) in [7, 11) is 0. The molecule has 5 heteroatoms. The average molecular weight is 444 g/mol. The molecule has 2 atom stereocenters. The van der Waals surface area contributed by atoms with Crippen LogP contribution in [0, 0.1) is 0 Å². The highest BCUT2D eigenvalue weighted by molar-refractivity contribution is 9.10. The Kier molecular flexibility index (Phi) is 5.48. The molecule has 2 aliphatic heterocycles. The molecular formula is C23H28BrN2O2+. The molecule has 0 aromatic heterocycles. The third-order valence-corrected chi connectivity index (χ3v) is 6.48. The van der Waals surface area contributed by atoms with Gasteiger partial charge < -0.3 is 9.84 Å². The highest BCUT2D eigenvalue weighted by Gasteiger charge is 2.59. The van der Waals surface area contributed by atoms with Crippen LogP contribution in [0.25, 0.3) is 0 Å². The molecule has 4 rings (SSSR count). The first-order valence-electron chi connectivity index (χ1n) is 10.2. The molecule has 28 heavy (non-hydrogen) atoms. The van der Waals surface area contributed by atoms with Crippen molar-refractivity contribution in [3.8, 4) is 5.75 Å². The van der Waals surface area contributed by atoms with Gasteiger partial charge in [-0.1, -0.05) is 15.9 Å². The van der Waals surface area contributed by atoms with E-state index in [0.717, 1.165) is 40.9 Å². The lowest BCUT2D eigenvalue weighted by Crippen LogP contribution is -2.51. The van der Waals surface area contributed by atoms with Gasteiger partial charge in [0.05, 0.1) is 13.2 Å². The number of hydrogen-bond acceptors (Lipinski definition) is 3. The van der Waals surface area contributed by atoms with Crippen LogP contribution in [-0.2, 0) is 5.72 Å². The largest absolute Gasteiger partial charge is 0.494 e. The van der Waals surface area contributed by atoms with Crippen molar-refractivity contribution in [1.29, 1.82) is 0 Å². The number of rotatable bonds is 4. The maximum absolute atomic E-state index is 12.2. The molecule has 0 fully saturated rings. The molecule has 0 spiro atoms. The Labute approximate surface area is 175 Å². The van der Waals surface area contributed by atoms with Gasteiger partial charge in [-0.2, -0.15) is 4.90 Å². The van der Waals surface area contributed by atoms with Gasteiger partial charge in [0.15, 0.2) is 6.04 Å². The van der Waals surface area contributed by atoms with Crippen molar-refractivity contribution in [2.45, 2.75) is 51.3 Å². The predicted molar refractivity (Wildman–Crippen MR) is 116 cm³/mol. The molecule has 4 nitrogen and oxygen atoms in total. The van der Waals surface area contributed by atoms with Gasteiger partial charge in [-0.25, -0.2) is 0 Å². The van der Waals surface area contributed by atoms with Crippen molar-refractivity contribution in [3.05, 3.63) is 58.6 Å². The van der Waals surface area contributed by atoms with Crippen molar-refractivity contribution in [2.75, 3.05) is 18.1 Å². The monoisotopic (exact) mass is 443 g/mol. The summed E-state index contributed by atoms with van der Waals surface area (Å²) < 4.78 is 9.05. The summed E-state index contributed by atoms with van der Waals surface area (Å²) in [5.41, 5.74) is 0.795. The van der Waals surface area contributed by atoms with Gasteiger partial charge in [0, 0.05) is 16.5 Å². The molecule has 2 aromatic rings. The van der Waals surface area contributed by atoms with E-state index in [0.29, 0.717) is 6.61 Å².